The fraction of sp³-hybridized carbons (Fsp3) is 0.385. The van der Waals surface area contributed by atoms with Crippen molar-refractivity contribution in [3.63, 3.8) is 0 Å². The molecular weight excluding hydrogens is 434 g/mol. The van der Waals surface area contributed by atoms with Crippen molar-refractivity contribution in [3.05, 3.63) is 54.1 Å². The van der Waals surface area contributed by atoms with E-state index in [0.717, 1.165) is 33.7 Å². The average molecular weight is 466 g/mol. The molecule has 174 valence electrons. The molecule has 0 saturated heterocycles. The fourth-order valence-corrected chi connectivity index (χ4v) is 5.37. The molecule has 0 radical (unpaired) electrons. The molecule has 1 aromatic heterocycles. The summed E-state index contributed by atoms with van der Waals surface area (Å²) >= 11 is 1.50. The zero-order chi connectivity index (χ0) is 23.5. The van der Waals surface area contributed by atoms with Crippen molar-refractivity contribution in [2.45, 2.75) is 38.3 Å². The Hall–Kier alpha value is -2.93. The second-order valence-electron chi connectivity index (χ2n) is 8.65. The number of aryl methyl sites for hydroxylation is 1. The van der Waals surface area contributed by atoms with Crippen LogP contribution >= 0.6 is 11.8 Å². The van der Waals surface area contributed by atoms with Crippen LogP contribution in [0.4, 0.5) is 5.69 Å². The van der Waals surface area contributed by atoms with Crippen molar-refractivity contribution in [1.29, 1.82) is 0 Å². The van der Waals surface area contributed by atoms with Gasteiger partial charge in [0, 0.05) is 35.7 Å². The van der Waals surface area contributed by atoms with Gasteiger partial charge in [-0.2, -0.15) is 0 Å². The predicted molar refractivity (Wildman–Crippen MR) is 134 cm³/mol. The zero-order valence-electron chi connectivity index (χ0n) is 19.6. The van der Waals surface area contributed by atoms with E-state index >= 15 is 0 Å². The summed E-state index contributed by atoms with van der Waals surface area (Å²) in [5.41, 5.74) is 2.63. The number of nitrogens with one attached hydrogen (secondary N) is 1. The molecule has 0 fully saturated rings. The van der Waals surface area contributed by atoms with Crippen LogP contribution in [0.5, 0.6) is 5.75 Å². The number of benzene rings is 2. The molecule has 2 amide bonds. The fourth-order valence-electron chi connectivity index (χ4n) is 4.30. The number of carbonyl (C=O) groups is 2. The van der Waals surface area contributed by atoms with Gasteiger partial charge in [-0.3, -0.25) is 14.5 Å². The van der Waals surface area contributed by atoms with E-state index in [-0.39, 0.29) is 17.6 Å². The van der Waals surface area contributed by atoms with Gasteiger partial charge in [-0.25, -0.2) is 0 Å². The topological polar surface area (TPSA) is 63.6 Å². The summed E-state index contributed by atoms with van der Waals surface area (Å²) in [4.78, 5) is 28.8. The highest BCUT2D eigenvalue weighted by Crippen LogP contribution is 2.43. The number of rotatable bonds is 7. The lowest BCUT2D eigenvalue weighted by Gasteiger charge is -2.30. The van der Waals surface area contributed by atoms with E-state index in [1.165, 1.54) is 11.8 Å². The number of amides is 2. The molecule has 1 atom stereocenters. The number of nitrogens with zero attached hydrogens (tertiary/aromatic N) is 2. The Morgan fingerprint density at radius 3 is 2.61 bits per heavy atom. The predicted octanol–water partition coefficient (Wildman–Crippen LogP) is 4.92. The second-order valence-corrected chi connectivity index (χ2v) is 9.61. The number of aromatic nitrogens is 1. The van der Waals surface area contributed by atoms with E-state index in [4.69, 9.17) is 4.74 Å². The first kappa shape index (κ1) is 23.2. The molecule has 6 nitrogen and oxygen atoms in total. The van der Waals surface area contributed by atoms with Crippen molar-refractivity contribution in [3.8, 4) is 5.75 Å². The van der Waals surface area contributed by atoms with Gasteiger partial charge in [-0.15, -0.1) is 0 Å². The van der Waals surface area contributed by atoms with Crippen LogP contribution in [-0.2, 0) is 16.6 Å². The Kier molecular flexibility index (Phi) is 6.98. The summed E-state index contributed by atoms with van der Waals surface area (Å²) in [6, 6.07) is 14.7. The Morgan fingerprint density at radius 2 is 1.91 bits per heavy atom. The summed E-state index contributed by atoms with van der Waals surface area (Å²) < 4.78 is 7.67. The quantitative estimate of drug-likeness (QED) is 0.538. The Morgan fingerprint density at radius 1 is 1.18 bits per heavy atom. The third-order valence-electron chi connectivity index (χ3n) is 5.92. The van der Waals surface area contributed by atoms with Crippen LogP contribution in [0.15, 0.2) is 53.6 Å². The number of thioether (sulfide) groups is 1. The Balaban J connectivity index is 1.84. The molecule has 1 aliphatic rings. The lowest BCUT2D eigenvalue weighted by atomic mass is 10.0. The summed E-state index contributed by atoms with van der Waals surface area (Å²) in [5, 5.41) is 5.06. The second kappa shape index (κ2) is 9.91. The van der Waals surface area contributed by atoms with Crippen molar-refractivity contribution in [1.82, 2.24) is 9.88 Å². The molecule has 2 heterocycles. The maximum Gasteiger partial charge on any atom is 0.247 e. The monoisotopic (exact) mass is 465 g/mol. The minimum atomic E-state index is -0.751. The number of hydrogen-bond donors (Lipinski definition) is 1. The van der Waals surface area contributed by atoms with Crippen LogP contribution in [0.2, 0.25) is 0 Å². The summed E-state index contributed by atoms with van der Waals surface area (Å²) in [6.07, 6.45) is 0.882. The van der Waals surface area contributed by atoms with Gasteiger partial charge in [0.05, 0.1) is 17.4 Å². The van der Waals surface area contributed by atoms with E-state index in [0.29, 0.717) is 24.8 Å². The minimum Gasteiger partial charge on any atom is -0.494 e. The molecule has 33 heavy (non-hydrogen) atoms. The lowest BCUT2D eigenvalue weighted by Crippen LogP contribution is -2.44. The van der Waals surface area contributed by atoms with Gasteiger partial charge in [-0.05, 0) is 49.6 Å². The summed E-state index contributed by atoms with van der Waals surface area (Å²) in [6.45, 7) is 7.34. The van der Waals surface area contributed by atoms with E-state index in [1.54, 1.807) is 4.90 Å². The molecule has 4 rings (SSSR count). The van der Waals surface area contributed by atoms with Gasteiger partial charge in [0.25, 0.3) is 0 Å². The number of anilines is 1. The molecule has 0 spiro atoms. The molecule has 1 N–H and O–H groups in total. The first-order chi connectivity index (χ1) is 15.9. The van der Waals surface area contributed by atoms with Gasteiger partial charge in [0.1, 0.15) is 11.8 Å². The maximum atomic E-state index is 13.7. The molecule has 0 bridgehead atoms. The highest BCUT2D eigenvalue weighted by Gasteiger charge is 2.39. The van der Waals surface area contributed by atoms with Crippen molar-refractivity contribution >= 4 is 40.2 Å². The third-order valence-corrected chi connectivity index (χ3v) is 7.08. The van der Waals surface area contributed by atoms with Crippen molar-refractivity contribution in [2.24, 2.45) is 13.0 Å². The highest BCUT2D eigenvalue weighted by molar-refractivity contribution is 8.00. The Labute approximate surface area is 199 Å². The molecule has 0 saturated carbocycles. The first-order valence-electron chi connectivity index (χ1n) is 11.4. The van der Waals surface area contributed by atoms with E-state index in [1.807, 2.05) is 56.4 Å². The Bertz CT molecular complexity index is 1150. The van der Waals surface area contributed by atoms with Gasteiger partial charge in [0.2, 0.25) is 11.8 Å². The molecular formula is C26H31N3O3S. The molecule has 3 aromatic rings. The minimum absolute atomic E-state index is 0.0894. The SMILES string of the molecule is CCOc1ccc(N2C(=O)CSc3c(c4ccccc4n3C)[C@@H]2C(=O)NCCC(C)C)cc1. The molecule has 2 aromatic carbocycles. The van der Waals surface area contributed by atoms with Crippen LogP contribution in [-0.4, -0.2) is 35.3 Å². The number of fused-ring (bicyclic) bond motifs is 3. The molecule has 0 unspecified atom stereocenters. The largest absolute Gasteiger partial charge is 0.494 e. The lowest BCUT2D eigenvalue weighted by molar-refractivity contribution is -0.125. The van der Waals surface area contributed by atoms with Crippen molar-refractivity contribution in [2.75, 3.05) is 23.8 Å². The van der Waals surface area contributed by atoms with E-state index in [9.17, 15) is 9.59 Å². The molecule has 0 aliphatic carbocycles. The van der Waals surface area contributed by atoms with E-state index in [2.05, 4.69) is 29.8 Å². The molecule has 7 heteroatoms. The van der Waals surface area contributed by atoms with Crippen LogP contribution in [0, 0.1) is 5.92 Å². The first-order valence-corrected chi connectivity index (χ1v) is 12.4. The summed E-state index contributed by atoms with van der Waals surface area (Å²) in [7, 11) is 2.00. The van der Waals surface area contributed by atoms with Crippen LogP contribution in [0.1, 0.15) is 38.8 Å². The zero-order valence-corrected chi connectivity index (χ0v) is 20.4. The van der Waals surface area contributed by atoms with Crippen molar-refractivity contribution < 1.29 is 14.3 Å². The average Bonchev–Trinajstić information content (AvgIpc) is 2.97. The molecule has 1 aliphatic heterocycles. The normalized spacial score (nSPS) is 16.1. The van der Waals surface area contributed by atoms with Gasteiger partial charge < -0.3 is 14.6 Å². The highest BCUT2D eigenvalue weighted by atomic mass is 32.2. The van der Waals surface area contributed by atoms with Crippen LogP contribution < -0.4 is 15.0 Å². The van der Waals surface area contributed by atoms with Crippen LogP contribution in [0.25, 0.3) is 10.9 Å². The summed E-state index contributed by atoms with van der Waals surface area (Å²) in [5.74, 6) is 1.24. The standard InChI is InChI=1S/C26H31N3O3S/c1-5-32-19-12-10-18(11-13-19)29-22(30)16-33-26-23(20-8-6-7-9-21(20)28(26)4)24(29)25(31)27-15-14-17(2)3/h6-13,17,24H,5,14-16H2,1-4H3,(H,27,31)/t24-/m1/s1. The van der Waals surface area contributed by atoms with Crippen LogP contribution in [0.3, 0.4) is 0 Å². The number of hydrogen-bond acceptors (Lipinski definition) is 4. The smallest absolute Gasteiger partial charge is 0.247 e. The van der Waals surface area contributed by atoms with E-state index < -0.39 is 6.04 Å². The maximum absolute atomic E-state index is 13.7. The van der Waals surface area contributed by atoms with Gasteiger partial charge >= 0.3 is 0 Å². The van der Waals surface area contributed by atoms with Gasteiger partial charge in [0.15, 0.2) is 0 Å². The number of ether oxygens (including phenoxy) is 1. The third kappa shape index (κ3) is 4.60. The van der Waals surface area contributed by atoms with Gasteiger partial charge in [-0.1, -0.05) is 43.8 Å². The number of carbonyl (C=O) groups excluding carboxylic acids is 2. The number of para-hydroxylation sites is 1.